The molecular weight excluding hydrogens is 342 g/mol. The molecule has 2 rings (SSSR count). The van der Waals surface area contributed by atoms with Gasteiger partial charge in [-0.3, -0.25) is 0 Å². The fourth-order valence-corrected chi connectivity index (χ4v) is 2.85. The van der Waals surface area contributed by atoms with E-state index in [9.17, 15) is 17.2 Å². The van der Waals surface area contributed by atoms with Crippen molar-refractivity contribution in [1.82, 2.24) is 0 Å². The Hall–Kier alpha value is -1.47. The van der Waals surface area contributed by atoms with Crippen molar-refractivity contribution < 1.29 is 21.4 Å². The van der Waals surface area contributed by atoms with Crippen molar-refractivity contribution >= 4 is 26.0 Å². The molecule has 0 aromatic heterocycles. The first-order valence-electron chi connectivity index (χ1n) is 5.03. The lowest BCUT2D eigenvalue weighted by Crippen LogP contribution is -2.10. The van der Waals surface area contributed by atoms with Crippen molar-refractivity contribution in [3.63, 3.8) is 0 Å². The molecule has 0 aliphatic heterocycles. The number of halogens is 3. The average Bonchev–Trinajstić information content (AvgIpc) is 2.33. The van der Waals surface area contributed by atoms with Gasteiger partial charge >= 0.3 is 10.1 Å². The van der Waals surface area contributed by atoms with E-state index in [1.54, 1.807) is 6.07 Å². The molecule has 0 spiro atoms. The molecule has 0 aliphatic rings. The van der Waals surface area contributed by atoms with E-state index in [0.29, 0.717) is 10.5 Å². The first-order chi connectivity index (χ1) is 8.88. The number of hydrogen-bond donors (Lipinski definition) is 0. The van der Waals surface area contributed by atoms with E-state index in [2.05, 4.69) is 15.9 Å². The standard InChI is InChI=1S/C12H7BrF2O3S/c13-8-2-1-3-10(6-8)19(16,17)18-9-4-5-11(14)12(15)7-9/h1-7H. The van der Waals surface area contributed by atoms with Gasteiger partial charge in [-0.1, -0.05) is 22.0 Å². The summed E-state index contributed by atoms with van der Waals surface area (Å²) in [5.41, 5.74) is 0. The first-order valence-corrected chi connectivity index (χ1v) is 7.24. The second-order valence-corrected chi connectivity index (χ2v) is 6.03. The number of hydrogen-bond acceptors (Lipinski definition) is 3. The van der Waals surface area contributed by atoms with Crippen LogP contribution in [-0.4, -0.2) is 8.42 Å². The second kappa shape index (κ2) is 5.26. The lowest BCUT2D eigenvalue weighted by atomic mass is 10.3. The number of rotatable bonds is 3. The van der Waals surface area contributed by atoms with Crippen molar-refractivity contribution in [3.8, 4) is 5.75 Å². The lowest BCUT2D eigenvalue weighted by Gasteiger charge is -2.07. The third-order valence-corrected chi connectivity index (χ3v) is 3.92. The van der Waals surface area contributed by atoms with E-state index in [1.165, 1.54) is 18.2 Å². The Labute approximate surface area is 117 Å². The van der Waals surface area contributed by atoms with E-state index >= 15 is 0 Å². The van der Waals surface area contributed by atoms with Crippen LogP contribution in [0, 0.1) is 11.6 Å². The molecule has 0 unspecified atom stereocenters. The van der Waals surface area contributed by atoms with Gasteiger partial charge in [0.2, 0.25) is 0 Å². The van der Waals surface area contributed by atoms with E-state index in [-0.39, 0.29) is 10.6 Å². The van der Waals surface area contributed by atoms with Crippen molar-refractivity contribution in [2.24, 2.45) is 0 Å². The smallest absolute Gasteiger partial charge is 0.339 e. The molecule has 0 fully saturated rings. The van der Waals surface area contributed by atoms with Gasteiger partial charge in [-0.2, -0.15) is 8.42 Å². The summed E-state index contributed by atoms with van der Waals surface area (Å²) in [5, 5.41) is 0. The molecule has 3 nitrogen and oxygen atoms in total. The van der Waals surface area contributed by atoms with Crippen molar-refractivity contribution in [1.29, 1.82) is 0 Å². The highest BCUT2D eigenvalue weighted by Crippen LogP contribution is 2.22. The topological polar surface area (TPSA) is 43.4 Å². The van der Waals surface area contributed by atoms with Gasteiger partial charge < -0.3 is 4.18 Å². The van der Waals surface area contributed by atoms with Crippen LogP contribution in [0.2, 0.25) is 0 Å². The molecule has 100 valence electrons. The Morgan fingerprint density at radius 3 is 2.37 bits per heavy atom. The maximum absolute atomic E-state index is 13.0. The van der Waals surface area contributed by atoms with Crippen LogP contribution in [0.25, 0.3) is 0 Å². The maximum atomic E-state index is 13.0. The quantitative estimate of drug-likeness (QED) is 0.797. The van der Waals surface area contributed by atoms with Gasteiger partial charge in [0.15, 0.2) is 11.6 Å². The fraction of sp³-hybridized carbons (Fsp3) is 0. The van der Waals surface area contributed by atoms with Gasteiger partial charge in [0.25, 0.3) is 0 Å². The van der Waals surface area contributed by atoms with Crippen LogP contribution in [0.5, 0.6) is 5.75 Å². The van der Waals surface area contributed by atoms with E-state index in [4.69, 9.17) is 4.18 Å². The highest BCUT2D eigenvalue weighted by molar-refractivity contribution is 9.10. The van der Waals surface area contributed by atoms with Crippen LogP contribution < -0.4 is 4.18 Å². The van der Waals surface area contributed by atoms with Gasteiger partial charge in [-0.15, -0.1) is 0 Å². The Balaban J connectivity index is 2.33. The minimum atomic E-state index is -4.08. The summed E-state index contributed by atoms with van der Waals surface area (Å²) in [4.78, 5) is -0.0911. The largest absolute Gasteiger partial charge is 0.379 e. The molecule has 0 aliphatic carbocycles. The predicted molar refractivity (Wildman–Crippen MR) is 68.3 cm³/mol. The zero-order chi connectivity index (χ0) is 14.0. The van der Waals surface area contributed by atoms with E-state index < -0.39 is 21.8 Å². The molecule has 0 saturated carbocycles. The minimum Gasteiger partial charge on any atom is -0.379 e. The van der Waals surface area contributed by atoms with Crippen LogP contribution in [-0.2, 0) is 10.1 Å². The molecule has 7 heteroatoms. The van der Waals surface area contributed by atoms with Crippen LogP contribution >= 0.6 is 15.9 Å². The summed E-state index contributed by atoms with van der Waals surface area (Å²) < 4.78 is 54.7. The molecule has 0 amide bonds. The summed E-state index contributed by atoms with van der Waals surface area (Å²) in [6.45, 7) is 0. The van der Waals surface area contributed by atoms with Crippen molar-refractivity contribution in [2.45, 2.75) is 4.90 Å². The molecular formula is C12H7BrF2O3S. The monoisotopic (exact) mass is 348 g/mol. The van der Waals surface area contributed by atoms with Gasteiger partial charge in [-0.05, 0) is 30.3 Å². The van der Waals surface area contributed by atoms with Crippen LogP contribution in [0.1, 0.15) is 0 Å². The maximum Gasteiger partial charge on any atom is 0.339 e. The Morgan fingerprint density at radius 2 is 1.74 bits per heavy atom. The van der Waals surface area contributed by atoms with Crippen molar-refractivity contribution in [2.75, 3.05) is 0 Å². The summed E-state index contributed by atoms with van der Waals surface area (Å²) in [6.07, 6.45) is 0. The van der Waals surface area contributed by atoms with Gasteiger partial charge in [-0.25, -0.2) is 8.78 Å². The van der Waals surface area contributed by atoms with E-state index in [1.807, 2.05) is 0 Å². The van der Waals surface area contributed by atoms with Gasteiger partial charge in [0.1, 0.15) is 10.6 Å². The third-order valence-electron chi connectivity index (χ3n) is 2.18. The summed E-state index contributed by atoms with van der Waals surface area (Å²) in [5.74, 6) is -2.55. The van der Waals surface area contributed by atoms with Crippen LogP contribution in [0.4, 0.5) is 8.78 Å². The SMILES string of the molecule is O=S(=O)(Oc1ccc(F)c(F)c1)c1cccc(Br)c1. The highest BCUT2D eigenvalue weighted by atomic mass is 79.9. The highest BCUT2D eigenvalue weighted by Gasteiger charge is 2.17. The molecule has 0 atom stereocenters. The predicted octanol–water partition coefficient (Wildman–Crippen LogP) is 3.50. The van der Waals surface area contributed by atoms with Crippen molar-refractivity contribution in [3.05, 3.63) is 58.6 Å². The summed E-state index contributed by atoms with van der Waals surface area (Å²) in [7, 11) is -4.08. The molecule has 0 N–H and O–H groups in total. The summed E-state index contributed by atoms with van der Waals surface area (Å²) in [6, 6.07) is 8.34. The Bertz CT molecular complexity index is 717. The molecule has 0 saturated heterocycles. The molecule has 2 aromatic rings. The van der Waals surface area contributed by atoms with Gasteiger partial charge in [0, 0.05) is 10.5 Å². The normalized spacial score (nSPS) is 11.3. The second-order valence-electron chi connectivity index (χ2n) is 3.57. The Morgan fingerprint density at radius 1 is 1.00 bits per heavy atom. The number of benzene rings is 2. The molecule has 2 aromatic carbocycles. The zero-order valence-corrected chi connectivity index (χ0v) is 11.7. The lowest BCUT2D eigenvalue weighted by molar-refractivity contribution is 0.472. The molecule has 0 heterocycles. The fourth-order valence-electron chi connectivity index (χ4n) is 1.33. The average molecular weight is 349 g/mol. The Kier molecular flexibility index (Phi) is 3.86. The van der Waals surface area contributed by atoms with Gasteiger partial charge in [0.05, 0.1) is 0 Å². The zero-order valence-electron chi connectivity index (χ0n) is 9.31. The summed E-state index contributed by atoms with van der Waals surface area (Å²) >= 11 is 3.13. The van der Waals surface area contributed by atoms with Crippen LogP contribution in [0.15, 0.2) is 51.8 Å². The molecule has 0 bridgehead atoms. The van der Waals surface area contributed by atoms with E-state index in [0.717, 1.165) is 12.1 Å². The molecule has 0 radical (unpaired) electrons. The molecule has 19 heavy (non-hydrogen) atoms. The van der Waals surface area contributed by atoms with Crippen LogP contribution in [0.3, 0.4) is 0 Å². The minimum absolute atomic E-state index is 0.0911. The third kappa shape index (κ3) is 3.30. The first kappa shape index (κ1) is 14.0.